The maximum absolute atomic E-state index is 6.70. The molecule has 0 fully saturated rings. The fraction of sp³-hybridized carbons (Fsp3) is 0.152. The van der Waals surface area contributed by atoms with E-state index in [0.29, 0.717) is 41.8 Å². The van der Waals surface area contributed by atoms with Crippen molar-refractivity contribution in [1.29, 1.82) is 0 Å². The third kappa shape index (κ3) is 8.19. The van der Waals surface area contributed by atoms with Gasteiger partial charge in [-0.3, -0.25) is 4.52 Å². The zero-order valence-electron chi connectivity index (χ0n) is 24.7. The van der Waals surface area contributed by atoms with Gasteiger partial charge in [0.1, 0.15) is 28.8 Å². The minimum absolute atomic E-state index is 0.328. The second-order valence-corrected chi connectivity index (χ2v) is 16.1. The summed E-state index contributed by atoms with van der Waals surface area (Å²) in [5, 5.41) is 0. The number of rotatable bonds is 14. The predicted octanol–water partition coefficient (Wildman–Crippen LogP) is 11.8. The van der Waals surface area contributed by atoms with Crippen LogP contribution in [0.25, 0.3) is 0 Å². The molecule has 12 heteroatoms. The summed E-state index contributed by atoms with van der Waals surface area (Å²) in [5.74, 6) is 2.59. The molecular weight excluding hydrogens is 627 g/mol. The van der Waals surface area contributed by atoms with Crippen molar-refractivity contribution in [3.8, 4) is 23.0 Å². The Hall–Kier alpha value is -3.99. The van der Waals surface area contributed by atoms with E-state index >= 15 is 0 Å². The second kappa shape index (κ2) is 14.4. The van der Waals surface area contributed by atoms with Gasteiger partial charge >= 0.3 is 23.0 Å². The van der Waals surface area contributed by atoms with Crippen LogP contribution in [-0.2, 0) is 9.05 Å². The van der Waals surface area contributed by atoms with E-state index in [1.165, 1.54) is 0 Å². The number of benzene rings is 4. The van der Waals surface area contributed by atoms with Gasteiger partial charge in [0.05, 0.1) is 6.61 Å². The molecule has 0 saturated heterocycles. The van der Waals surface area contributed by atoms with Crippen molar-refractivity contribution in [3.63, 3.8) is 0 Å². The number of hydrogen-bond acceptors (Lipinski definition) is 9. The topological polar surface area (TPSA) is 92.5 Å². The third-order valence-corrected chi connectivity index (χ3v) is 14.5. The Morgan fingerprint density at radius 2 is 0.933 bits per heavy atom. The molecule has 2 atom stereocenters. The summed E-state index contributed by atoms with van der Waals surface area (Å²) in [6.07, 6.45) is 8.17. The van der Waals surface area contributed by atoms with E-state index in [1.54, 1.807) is 0 Å². The van der Waals surface area contributed by atoms with E-state index in [9.17, 15) is 0 Å². The van der Waals surface area contributed by atoms with E-state index in [1.807, 2.05) is 140 Å². The molecule has 2 unspecified atom stereocenters. The van der Waals surface area contributed by atoms with Crippen LogP contribution in [0.2, 0.25) is 0 Å². The van der Waals surface area contributed by atoms with Crippen LogP contribution < -0.4 is 18.1 Å². The Morgan fingerprint density at radius 1 is 0.533 bits per heavy atom. The summed E-state index contributed by atoms with van der Waals surface area (Å²) in [7, 11) is -11.1. The molecule has 1 aliphatic carbocycles. The number of allylic oxidation sites excluding steroid dienone is 3. The summed E-state index contributed by atoms with van der Waals surface area (Å²) >= 11 is 0. The molecule has 0 saturated carbocycles. The van der Waals surface area contributed by atoms with Gasteiger partial charge in [-0.15, -0.1) is 9.03 Å². The zero-order valence-corrected chi connectivity index (χ0v) is 27.4. The molecule has 232 valence electrons. The second-order valence-electron chi connectivity index (χ2n) is 9.88. The number of para-hydroxylation sites is 4. The molecule has 1 heterocycles. The number of unbranched alkanes of at least 4 members (excludes halogenated alkanes) is 1. The van der Waals surface area contributed by atoms with Crippen molar-refractivity contribution in [2.45, 2.75) is 26.2 Å². The fourth-order valence-corrected chi connectivity index (χ4v) is 13.4. The highest BCUT2D eigenvalue weighted by Crippen LogP contribution is 2.79. The molecule has 9 nitrogen and oxygen atoms in total. The Labute approximate surface area is 264 Å². The van der Waals surface area contributed by atoms with Gasteiger partial charge in [0, 0.05) is 0 Å². The van der Waals surface area contributed by atoms with E-state index in [2.05, 4.69) is 6.92 Å². The molecule has 0 N–H and O–H groups in total. The van der Waals surface area contributed by atoms with Crippen LogP contribution in [0.5, 0.6) is 23.0 Å². The van der Waals surface area contributed by atoms with Crippen LogP contribution in [0, 0.1) is 0 Å². The van der Waals surface area contributed by atoms with Gasteiger partial charge in [-0.1, -0.05) is 96.7 Å². The molecule has 0 aromatic heterocycles. The highest BCUT2D eigenvalue weighted by Gasteiger charge is 2.48. The predicted molar refractivity (Wildman–Crippen MR) is 180 cm³/mol. The van der Waals surface area contributed by atoms with Crippen molar-refractivity contribution < 1.29 is 27.1 Å². The van der Waals surface area contributed by atoms with Gasteiger partial charge in [-0.05, 0) is 73.5 Å². The largest absolute Gasteiger partial charge is 0.460 e. The van der Waals surface area contributed by atoms with Gasteiger partial charge in [0.25, 0.3) is 0 Å². The molecule has 45 heavy (non-hydrogen) atoms. The smallest absolute Gasteiger partial charge is 0.422 e. The molecule has 0 spiro atoms. The first-order chi connectivity index (χ1) is 22.1. The lowest BCUT2D eigenvalue weighted by Gasteiger charge is -2.33. The quantitative estimate of drug-likeness (QED) is 0.0986. The molecular formula is C33H34N3O6P3. The van der Waals surface area contributed by atoms with Crippen LogP contribution in [0.15, 0.2) is 159 Å². The lowest BCUT2D eigenvalue weighted by Crippen LogP contribution is -2.09. The summed E-state index contributed by atoms with van der Waals surface area (Å²) < 4.78 is 55.5. The molecule has 0 amide bonds. The van der Waals surface area contributed by atoms with Crippen LogP contribution in [0.4, 0.5) is 0 Å². The zero-order chi connectivity index (χ0) is 30.8. The Kier molecular flexibility index (Phi) is 9.93. The highest BCUT2D eigenvalue weighted by molar-refractivity contribution is 7.78. The monoisotopic (exact) mass is 661 g/mol. The van der Waals surface area contributed by atoms with Crippen molar-refractivity contribution >= 4 is 23.0 Å². The minimum atomic E-state index is -3.75. The Morgan fingerprint density at radius 3 is 1.36 bits per heavy atom. The molecule has 4 aromatic rings. The van der Waals surface area contributed by atoms with Gasteiger partial charge in [0.15, 0.2) is 0 Å². The number of hydrogen-bond donors (Lipinski definition) is 0. The van der Waals surface area contributed by atoms with Crippen LogP contribution in [-0.4, -0.2) is 6.61 Å². The average Bonchev–Trinajstić information content (AvgIpc) is 3.55. The van der Waals surface area contributed by atoms with E-state index < -0.39 is 23.0 Å². The van der Waals surface area contributed by atoms with Crippen LogP contribution in [0.1, 0.15) is 26.2 Å². The lowest BCUT2D eigenvalue weighted by atomic mass is 10.3. The first-order valence-electron chi connectivity index (χ1n) is 14.7. The summed E-state index contributed by atoms with van der Waals surface area (Å²) in [4.78, 5) is 0. The maximum Gasteiger partial charge on any atom is 0.460 e. The molecule has 2 aliphatic rings. The maximum atomic E-state index is 6.70. The van der Waals surface area contributed by atoms with Gasteiger partial charge in [-0.2, -0.15) is 0 Å². The first-order valence-corrected chi connectivity index (χ1v) is 19.3. The SMILES string of the molecule is CCCCOP1(Oc2ccccc2)=NP(Oc2ccccc2)(Oc2ccccc2)=NP(OC2=CCC=C2)(Oc2ccccc2)=N1. The molecule has 6 rings (SSSR count). The van der Waals surface area contributed by atoms with Gasteiger partial charge < -0.3 is 22.6 Å². The van der Waals surface area contributed by atoms with E-state index in [-0.39, 0.29) is 0 Å². The fourth-order valence-electron chi connectivity index (χ4n) is 4.22. The average molecular weight is 662 g/mol. The molecule has 0 bridgehead atoms. The van der Waals surface area contributed by atoms with E-state index in [4.69, 9.17) is 40.7 Å². The Balaban J connectivity index is 1.64. The van der Waals surface area contributed by atoms with E-state index in [0.717, 1.165) is 12.8 Å². The molecule has 4 aromatic carbocycles. The lowest BCUT2D eigenvalue weighted by molar-refractivity contribution is 0.296. The minimum Gasteiger partial charge on any atom is -0.422 e. The highest BCUT2D eigenvalue weighted by atomic mass is 31.3. The summed E-state index contributed by atoms with van der Waals surface area (Å²) in [6.45, 7) is 2.41. The molecule has 1 aliphatic heterocycles. The van der Waals surface area contributed by atoms with Crippen molar-refractivity contribution in [2.24, 2.45) is 13.5 Å². The van der Waals surface area contributed by atoms with Crippen molar-refractivity contribution in [1.82, 2.24) is 0 Å². The van der Waals surface area contributed by atoms with Gasteiger partial charge in [-0.25, -0.2) is 0 Å². The molecule has 0 radical (unpaired) electrons. The number of nitrogens with zero attached hydrogens (tertiary/aromatic N) is 3. The van der Waals surface area contributed by atoms with Crippen LogP contribution >= 0.6 is 23.0 Å². The van der Waals surface area contributed by atoms with Crippen molar-refractivity contribution in [2.75, 3.05) is 6.61 Å². The standard InChI is InChI=1S/C33H34N3O6P3/c1-2-3-28-37-43(38-29-18-8-4-9-19-29)34-44(39-30-20-10-5-11-21-30,40-31-22-12-6-13-23-31)36-45(35-43,42-33-26-16-17-27-33)41-32-24-14-7-15-25-32/h4-16,18-27H,2-3,17,28H2,1H3. The first kappa shape index (κ1) is 31.0. The summed E-state index contributed by atoms with van der Waals surface area (Å²) in [5.41, 5.74) is 0. The third-order valence-electron chi connectivity index (χ3n) is 6.27. The normalized spacial score (nSPS) is 21.3. The Bertz CT molecular complexity index is 1760. The van der Waals surface area contributed by atoms with Gasteiger partial charge in [0.2, 0.25) is 0 Å². The summed E-state index contributed by atoms with van der Waals surface area (Å²) in [6, 6.07) is 37.2. The van der Waals surface area contributed by atoms with Crippen molar-refractivity contribution in [3.05, 3.63) is 145 Å². The van der Waals surface area contributed by atoms with Crippen LogP contribution in [0.3, 0.4) is 0 Å².